The number of nitrogens with one attached hydrogen (secondary N) is 1. The highest BCUT2D eigenvalue weighted by Crippen LogP contribution is 2.57. The highest BCUT2D eigenvalue weighted by molar-refractivity contribution is 5.88. The molecule has 21 heavy (non-hydrogen) atoms. The number of hydrogen-bond acceptors (Lipinski definition) is 3. The van der Waals surface area contributed by atoms with Gasteiger partial charge in [-0.3, -0.25) is 4.79 Å². The van der Waals surface area contributed by atoms with Crippen LogP contribution >= 0.6 is 0 Å². The van der Waals surface area contributed by atoms with Gasteiger partial charge in [-0.1, -0.05) is 0 Å². The molecule has 6 nitrogen and oxygen atoms in total. The van der Waals surface area contributed by atoms with Gasteiger partial charge in [0.25, 0.3) is 0 Å². The summed E-state index contributed by atoms with van der Waals surface area (Å²) in [7, 11) is 5.46. The molecule has 3 rings (SSSR count). The monoisotopic (exact) mass is 294 g/mol. The molecule has 3 aliphatic heterocycles. The number of hydrogen-bond donors (Lipinski definition) is 1. The molecule has 3 fully saturated rings. The summed E-state index contributed by atoms with van der Waals surface area (Å²) in [5.41, 5.74) is -0.388. The number of carbonyl (C=O) groups is 2. The first-order valence-electron chi connectivity index (χ1n) is 7.84. The third-order valence-electron chi connectivity index (χ3n) is 5.81. The molecule has 0 aromatic rings. The summed E-state index contributed by atoms with van der Waals surface area (Å²) in [5, 5.41) is 3.40. The maximum absolute atomic E-state index is 12.9. The van der Waals surface area contributed by atoms with Crippen molar-refractivity contribution >= 4 is 11.9 Å². The molecule has 0 radical (unpaired) electrons. The fourth-order valence-electron chi connectivity index (χ4n) is 4.60. The number of fused-ring (bicyclic) bond motifs is 1. The van der Waals surface area contributed by atoms with Gasteiger partial charge >= 0.3 is 6.03 Å². The van der Waals surface area contributed by atoms with Crippen LogP contribution in [0.15, 0.2) is 0 Å². The zero-order valence-corrected chi connectivity index (χ0v) is 13.3. The van der Waals surface area contributed by atoms with Gasteiger partial charge in [-0.2, -0.15) is 0 Å². The molecule has 3 saturated heterocycles. The Morgan fingerprint density at radius 2 is 1.86 bits per heavy atom. The van der Waals surface area contributed by atoms with Crippen LogP contribution in [0.5, 0.6) is 0 Å². The largest absolute Gasteiger partial charge is 0.345 e. The predicted octanol–water partition coefficient (Wildman–Crippen LogP) is 0.202. The molecule has 2 spiro atoms. The average molecular weight is 294 g/mol. The summed E-state index contributed by atoms with van der Waals surface area (Å²) in [4.78, 5) is 30.7. The third kappa shape index (κ3) is 1.95. The van der Waals surface area contributed by atoms with E-state index in [2.05, 4.69) is 5.32 Å². The van der Waals surface area contributed by atoms with Crippen molar-refractivity contribution < 1.29 is 9.59 Å². The van der Waals surface area contributed by atoms with E-state index in [1.165, 1.54) is 0 Å². The molecule has 1 atom stereocenters. The first-order valence-corrected chi connectivity index (χ1v) is 7.84. The van der Waals surface area contributed by atoms with Crippen LogP contribution in [0.25, 0.3) is 0 Å². The van der Waals surface area contributed by atoms with Crippen molar-refractivity contribution in [2.45, 2.75) is 19.3 Å². The fraction of sp³-hybridized carbons (Fsp3) is 0.867. The van der Waals surface area contributed by atoms with Crippen LogP contribution in [0.1, 0.15) is 19.3 Å². The molecule has 1 unspecified atom stereocenters. The Balaban J connectivity index is 1.96. The standard InChI is InChI=1S/C15H26N4O2/c1-17(2)13(21)19-10-14(4-7-16-8-5-14)15(11-19)6-9-18(3)12(15)20/h16H,4-11H2,1-3H3. The number of carbonyl (C=O) groups excluding carboxylic acids is 2. The number of nitrogens with zero attached hydrogens (tertiary/aromatic N) is 3. The quantitative estimate of drug-likeness (QED) is 0.694. The molecule has 3 heterocycles. The van der Waals surface area contributed by atoms with Gasteiger partial charge in [-0.25, -0.2) is 4.79 Å². The summed E-state index contributed by atoms with van der Waals surface area (Å²) >= 11 is 0. The first kappa shape index (κ1) is 14.6. The second kappa shape index (κ2) is 4.87. The van der Waals surface area contributed by atoms with E-state index in [9.17, 15) is 9.59 Å². The Bertz CT molecular complexity index is 459. The lowest BCUT2D eigenvalue weighted by atomic mass is 9.60. The third-order valence-corrected chi connectivity index (χ3v) is 5.81. The first-order chi connectivity index (χ1) is 9.92. The van der Waals surface area contributed by atoms with E-state index in [1.54, 1.807) is 19.0 Å². The second-order valence-electron chi connectivity index (χ2n) is 7.12. The molecule has 6 heteroatoms. The van der Waals surface area contributed by atoms with E-state index in [1.807, 2.05) is 16.8 Å². The van der Waals surface area contributed by atoms with Crippen LogP contribution in [0.4, 0.5) is 4.79 Å². The van der Waals surface area contributed by atoms with E-state index in [4.69, 9.17) is 0 Å². The van der Waals surface area contributed by atoms with Crippen molar-refractivity contribution in [3.63, 3.8) is 0 Å². The molecule has 3 aliphatic rings. The molecule has 0 saturated carbocycles. The Morgan fingerprint density at radius 1 is 1.19 bits per heavy atom. The molecule has 0 bridgehead atoms. The molecule has 3 amide bonds. The Labute approximate surface area is 126 Å². The van der Waals surface area contributed by atoms with E-state index in [0.717, 1.165) is 45.4 Å². The van der Waals surface area contributed by atoms with Crippen LogP contribution in [0.3, 0.4) is 0 Å². The van der Waals surface area contributed by atoms with Gasteiger partial charge in [0.15, 0.2) is 0 Å². The van der Waals surface area contributed by atoms with E-state index in [0.29, 0.717) is 6.54 Å². The van der Waals surface area contributed by atoms with Gasteiger partial charge in [0.2, 0.25) is 5.91 Å². The second-order valence-corrected chi connectivity index (χ2v) is 7.12. The van der Waals surface area contributed by atoms with Crippen LogP contribution in [0.2, 0.25) is 0 Å². The molecule has 118 valence electrons. The molecular weight excluding hydrogens is 268 g/mol. The average Bonchev–Trinajstić information content (AvgIpc) is 2.93. The van der Waals surface area contributed by atoms with Crippen molar-refractivity contribution in [2.24, 2.45) is 10.8 Å². The molecular formula is C15H26N4O2. The normalized spacial score (nSPS) is 31.5. The van der Waals surface area contributed by atoms with E-state index >= 15 is 0 Å². The van der Waals surface area contributed by atoms with Crippen molar-refractivity contribution in [1.82, 2.24) is 20.0 Å². The lowest BCUT2D eigenvalue weighted by molar-refractivity contribution is -0.140. The zero-order valence-electron chi connectivity index (χ0n) is 13.3. The minimum absolute atomic E-state index is 0.0344. The lowest BCUT2D eigenvalue weighted by Gasteiger charge is -2.43. The minimum atomic E-state index is -0.352. The number of urea groups is 1. The fourth-order valence-corrected chi connectivity index (χ4v) is 4.60. The van der Waals surface area contributed by atoms with Crippen LogP contribution in [-0.2, 0) is 4.79 Å². The summed E-state index contributed by atoms with van der Waals surface area (Å²) in [5.74, 6) is 0.249. The van der Waals surface area contributed by atoms with Crippen LogP contribution < -0.4 is 5.32 Å². The summed E-state index contributed by atoms with van der Waals surface area (Å²) < 4.78 is 0. The molecule has 1 N–H and O–H groups in total. The van der Waals surface area contributed by atoms with Gasteiger partial charge in [-0.05, 0) is 32.4 Å². The van der Waals surface area contributed by atoms with Gasteiger partial charge in [0.05, 0.1) is 5.41 Å². The van der Waals surface area contributed by atoms with Crippen LogP contribution in [-0.4, -0.2) is 80.5 Å². The SMILES string of the molecule is CN(C)C(=O)N1CC2(CCNCC2)C2(CCN(C)C2=O)C1. The van der Waals surface area contributed by atoms with Crippen molar-refractivity contribution in [1.29, 1.82) is 0 Å². The summed E-state index contributed by atoms with van der Waals surface area (Å²) in [6.07, 6.45) is 2.87. The summed E-state index contributed by atoms with van der Waals surface area (Å²) in [6.45, 7) is 4.03. The van der Waals surface area contributed by atoms with E-state index < -0.39 is 0 Å². The minimum Gasteiger partial charge on any atom is -0.345 e. The number of piperidine rings is 1. The van der Waals surface area contributed by atoms with Crippen LogP contribution in [0, 0.1) is 10.8 Å². The molecule has 0 aromatic heterocycles. The summed E-state index contributed by atoms with van der Waals surface area (Å²) in [6, 6.07) is 0.0344. The van der Waals surface area contributed by atoms with Crippen molar-refractivity contribution in [3.8, 4) is 0 Å². The predicted molar refractivity (Wildman–Crippen MR) is 79.9 cm³/mol. The van der Waals surface area contributed by atoms with Gasteiger partial charge in [-0.15, -0.1) is 0 Å². The van der Waals surface area contributed by atoms with Gasteiger partial charge < -0.3 is 20.0 Å². The number of amides is 3. The number of likely N-dealkylation sites (tertiary alicyclic amines) is 2. The molecule has 0 aromatic carbocycles. The Morgan fingerprint density at radius 3 is 2.38 bits per heavy atom. The van der Waals surface area contributed by atoms with Gasteiger partial charge in [0, 0.05) is 46.2 Å². The highest BCUT2D eigenvalue weighted by atomic mass is 16.2. The Hall–Kier alpha value is -1.30. The zero-order chi connectivity index (χ0) is 15.3. The Kier molecular flexibility index (Phi) is 3.39. The maximum Gasteiger partial charge on any atom is 0.319 e. The topological polar surface area (TPSA) is 55.9 Å². The lowest BCUT2D eigenvalue weighted by Crippen LogP contribution is -2.51. The number of rotatable bonds is 0. The maximum atomic E-state index is 12.9. The van der Waals surface area contributed by atoms with Gasteiger partial charge in [0.1, 0.15) is 0 Å². The molecule has 0 aliphatic carbocycles. The smallest absolute Gasteiger partial charge is 0.319 e. The van der Waals surface area contributed by atoms with Crippen molar-refractivity contribution in [3.05, 3.63) is 0 Å². The van der Waals surface area contributed by atoms with Crippen molar-refractivity contribution in [2.75, 3.05) is 53.9 Å². The van der Waals surface area contributed by atoms with E-state index in [-0.39, 0.29) is 22.8 Å². The highest BCUT2D eigenvalue weighted by Gasteiger charge is 2.65.